The summed E-state index contributed by atoms with van der Waals surface area (Å²) in [5.41, 5.74) is 4.04. The van der Waals surface area contributed by atoms with Gasteiger partial charge in [-0.15, -0.1) is 0 Å². The Balaban J connectivity index is 1.75. The molecule has 8 heteroatoms. The SMILES string of the molecule is Cc1cc(C)c2nc(N3C(=O)C(=O)C(=C(O)c4ccncc4)[C@@H]3c3ccc(Br)cc3)sc2c1. The molecule has 0 spiro atoms. The Morgan fingerprint density at radius 1 is 1.06 bits per heavy atom. The first-order chi connectivity index (χ1) is 15.8. The van der Waals surface area contributed by atoms with E-state index in [9.17, 15) is 14.7 Å². The van der Waals surface area contributed by atoms with Gasteiger partial charge in [-0.25, -0.2) is 4.98 Å². The molecule has 3 heterocycles. The second-order valence-corrected chi connectivity index (χ2v) is 9.81. The van der Waals surface area contributed by atoms with Crippen molar-refractivity contribution in [2.45, 2.75) is 19.9 Å². The summed E-state index contributed by atoms with van der Waals surface area (Å²) in [6.07, 6.45) is 3.05. The topological polar surface area (TPSA) is 83.4 Å². The number of amides is 1. The highest BCUT2D eigenvalue weighted by Gasteiger charge is 2.48. The van der Waals surface area contributed by atoms with Gasteiger partial charge in [0.05, 0.1) is 21.8 Å². The standard InChI is InChI=1S/C25H18BrN3O3S/c1-13-11-14(2)20-18(12-13)33-25(28-20)29-21(15-3-5-17(26)6-4-15)19(23(31)24(29)32)22(30)16-7-9-27-10-8-16/h3-12,21,30H,1-2H3/t21-/m0/s1. The van der Waals surface area contributed by atoms with Gasteiger partial charge < -0.3 is 5.11 Å². The van der Waals surface area contributed by atoms with Gasteiger partial charge in [-0.1, -0.05) is 45.5 Å². The van der Waals surface area contributed by atoms with E-state index in [1.54, 1.807) is 12.1 Å². The predicted octanol–water partition coefficient (Wildman–Crippen LogP) is 5.70. The number of benzene rings is 2. The Morgan fingerprint density at radius 3 is 2.45 bits per heavy atom. The van der Waals surface area contributed by atoms with Crippen LogP contribution in [0.25, 0.3) is 16.0 Å². The van der Waals surface area contributed by atoms with Gasteiger partial charge in [0, 0.05) is 22.4 Å². The van der Waals surface area contributed by atoms with Gasteiger partial charge in [0.15, 0.2) is 5.13 Å². The maximum absolute atomic E-state index is 13.3. The molecule has 1 fully saturated rings. The van der Waals surface area contributed by atoms with Crippen LogP contribution in [-0.2, 0) is 9.59 Å². The average Bonchev–Trinajstić information content (AvgIpc) is 3.33. The van der Waals surface area contributed by atoms with Crippen molar-refractivity contribution in [2.75, 3.05) is 4.90 Å². The molecule has 1 aliphatic rings. The Labute approximate surface area is 202 Å². The minimum Gasteiger partial charge on any atom is -0.507 e. The lowest BCUT2D eigenvalue weighted by Gasteiger charge is -2.23. The number of aryl methyl sites for hydroxylation is 2. The maximum Gasteiger partial charge on any atom is 0.301 e. The van der Waals surface area contributed by atoms with Gasteiger partial charge in [0.2, 0.25) is 0 Å². The summed E-state index contributed by atoms with van der Waals surface area (Å²) in [4.78, 5) is 36.6. The van der Waals surface area contributed by atoms with Crippen LogP contribution < -0.4 is 4.90 Å². The van der Waals surface area contributed by atoms with Crippen LogP contribution in [0.1, 0.15) is 28.3 Å². The van der Waals surface area contributed by atoms with E-state index in [4.69, 9.17) is 4.98 Å². The fourth-order valence-corrected chi connectivity index (χ4v) is 5.55. The molecule has 0 saturated carbocycles. The molecule has 0 radical (unpaired) electrons. The van der Waals surface area contributed by atoms with E-state index < -0.39 is 17.7 Å². The van der Waals surface area contributed by atoms with Crippen molar-refractivity contribution in [1.29, 1.82) is 0 Å². The van der Waals surface area contributed by atoms with Crippen LogP contribution in [0.4, 0.5) is 5.13 Å². The van der Waals surface area contributed by atoms with Crippen molar-refractivity contribution in [1.82, 2.24) is 9.97 Å². The molecule has 2 aromatic heterocycles. The van der Waals surface area contributed by atoms with E-state index in [0.717, 1.165) is 25.8 Å². The quantitative estimate of drug-likeness (QED) is 0.213. The van der Waals surface area contributed by atoms with Crippen LogP contribution in [0, 0.1) is 13.8 Å². The zero-order chi connectivity index (χ0) is 23.3. The second-order valence-electron chi connectivity index (χ2n) is 7.88. The van der Waals surface area contributed by atoms with Gasteiger partial charge in [-0.05, 0) is 60.9 Å². The number of hydrogen-bond acceptors (Lipinski definition) is 6. The second kappa shape index (κ2) is 8.20. The smallest absolute Gasteiger partial charge is 0.301 e. The van der Waals surface area contributed by atoms with Crippen molar-refractivity contribution in [3.63, 3.8) is 0 Å². The fourth-order valence-electron chi connectivity index (χ4n) is 4.12. The molecule has 6 nitrogen and oxygen atoms in total. The lowest BCUT2D eigenvalue weighted by Crippen LogP contribution is -2.29. The Bertz CT molecular complexity index is 1450. The third-order valence-electron chi connectivity index (χ3n) is 5.61. The van der Waals surface area contributed by atoms with E-state index in [1.807, 2.05) is 50.2 Å². The number of aliphatic hydroxyl groups excluding tert-OH is 1. The third-order valence-corrected chi connectivity index (χ3v) is 7.14. The maximum atomic E-state index is 13.3. The molecular weight excluding hydrogens is 502 g/mol. The number of halogens is 1. The minimum atomic E-state index is -0.812. The first-order valence-electron chi connectivity index (χ1n) is 10.2. The summed E-state index contributed by atoms with van der Waals surface area (Å²) in [5.74, 6) is -1.70. The zero-order valence-electron chi connectivity index (χ0n) is 17.7. The van der Waals surface area contributed by atoms with Gasteiger partial charge >= 0.3 is 5.91 Å². The number of anilines is 1. The molecule has 0 bridgehead atoms. The van der Waals surface area contributed by atoms with Crippen molar-refractivity contribution in [2.24, 2.45) is 0 Å². The average molecular weight is 520 g/mol. The van der Waals surface area contributed by atoms with Crippen LogP contribution >= 0.6 is 27.3 Å². The van der Waals surface area contributed by atoms with Crippen molar-refractivity contribution in [3.8, 4) is 0 Å². The van der Waals surface area contributed by atoms with Crippen molar-refractivity contribution < 1.29 is 14.7 Å². The number of aliphatic hydroxyl groups is 1. The molecule has 1 N–H and O–H groups in total. The van der Waals surface area contributed by atoms with Crippen LogP contribution in [0.5, 0.6) is 0 Å². The zero-order valence-corrected chi connectivity index (χ0v) is 20.1. The van der Waals surface area contributed by atoms with Crippen LogP contribution in [0.2, 0.25) is 0 Å². The molecule has 1 amide bonds. The van der Waals surface area contributed by atoms with Crippen molar-refractivity contribution >= 4 is 60.1 Å². The van der Waals surface area contributed by atoms with E-state index in [2.05, 4.69) is 20.9 Å². The first-order valence-corrected chi connectivity index (χ1v) is 11.8. The molecule has 5 rings (SSSR count). The third kappa shape index (κ3) is 3.65. The summed E-state index contributed by atoms with van der Waals surface area (Å²) in [6, 6.07) is 13.8. The lowest BCUT2D eigenvalue weighted by atomic mass is 9.96. The molecule has 1 atom stereocenters. The number of carbonyl (C=O) groups is 2. The molecular formula is C25H18BrN3O3S. The number of fused-ring (bicyclic) bond motifs is 1. The molecule has 33 heavy (non-hydrogen) atoms. The van der Waals surface area contributed by atoms with Gasteiger partial charge in [0.1, 0.15) is 5.76 Å². The number of hydrogen-bond donors (Lipinski definition) is 1. The number of rotatable bonds is 3. The summed E-state index contributed by atoms with van der Waals surface area (Å²) >= 11 is 4.79. The number of pyridine rings is 1. The van der Waals surface area contributed by atoms with Gasteiger partial charge in [-0.3, -0.25) is 19.5 Å². The number of nitrogens with zero attached hydrogens (tertiary/aromatic N) is 3. The fraction of sp³-hybridized carbons (Fsp3) is 0.120. The number of thiazole rings is 1. The summed E-state index contributed by atoms with van der Waals surface area (Å²) in [5, 5.41) is 11.5. The van der Waals surface area contributed by atoms with E-state index in [0.29, 0.717) is 16.3 Å². The minimum absolute atomic E-state index is 0.0284. The van der Waals surface area contributed by atoms with Crippen LogP contribution in [0.15, 0.2) is 71.0 Å². The largest absolute Gasteiger partial charge is 0.507 e. The molecule has 0 aliphatic carbocycles. The predicted molar refractivity (Wildman–Crippen MR) is 132 cm³/mol. The number of aromatic nitrogens is 2. The van der Waals surface area contributed by atoms with Crippen LogP contribution in [0.3, 0.4) is 0 Å². The van der Waals surface area contributed by atoms with E-state index in [-0.39, 0.29) is 11.3 Å². The summed E-state index contributed by atoms with van der Waals surface area (Å²) in [6.45, 7) is 3.98. The Morgan fingerprint density at radius 2 is 1.76 bits per heavy atom. The molecule has 0 unspecified atom stereocenters. The van der Waals surface area contributed by atoms with Gasteiger partial charge in [0.25, 0.3) is 5.78 Å². The van der Waals surface area contributed by atoms with Crippen LogP contribution in [-0.4, -0.2) is 26.8 Å². The van der Waals surface area contributed by atoms with E-state index >= 15 is 0 Å². The van der Waals surface area contributed by atoms with E-state index in [1.165, 1.54) is 28.6 Å². The number of Topliss-reactive ketones (excluding diaryl/α,β-unsaturated/α-hetero) is 1. The molecule has 1 saturated heterocycles. The van der Waals surface area contributed by atoms with Crippen molar-refractivity contribution in [3.05, 3.63) is 93.2 Å². The highest BCUT2D eigenvalue weighted by Crippen LogP contribution is 2.44. The normalized spacial score (nSPS) is 17.8. The number of ketones is 1. The Kier molecular flexibility index (Phi) is 5.34. The highest BCUT2D eigenvalue weighted by molar-refractivity contribution is 9.10. The first kappa shape index (κ1) is 21.5. The molecule has 4 aromatic rings. The molecule has 1 aliphatic heterocycles. The number of carbonyl (C=O) groups excluding carboxylic acids is 2. The Hall–Kier alpha value is -3.36. The summed E-state index contributed by atoms with van der Waals surface area (Å²) in [7, 11) is 0. The van der Waals surface area contributed by atoms with Gasteiger partial charge in [-0.2, -0.15) is 0 Å². The highest BCUT2D eigenvalue weighted by atomic mass is 79.9. The lowest BCUT2D eigenvalue weighted by molar-refractivity contribution is -0.132. The molecule has 164 valence electrons. The molecule has 2 aromatic carbocycles. The monoisotopic (exact) mass is 519 g/mol. The summed E-state index contributed by atoms with van der Waals surface area (Å²) < 4.78 is 1.80.